The van der Waals surface area contributed by atoms with Gasteiger partial charge in [-0.3, -0.25) is 4.79 Å². The molecule has 29 heavy (non-hydrogen) atoms. The minimum absolute atomic E-state index is 0.0644. The molecule has 3 saturated carbocycles. The van der Waals surface area contributed by atoms with Gasteiger partial charge in [-0.15, -0.1) is 0 Å². The van der Waals surface area contributed by atoms with Gasteiger partial charge < -0.3 is 5.11 Å². The van der Waals surface area contributed by atoms with Crippen LogP contribution in [0, 0.1) is 34.5 Å². The van der Waals surface area contributed by atoms with Crippen molar-refractivity contribution in [1.82, 2.24) is 0 Å². The maximum absolute atomic E-state index is 12.7. The van der Waals surface area contributed by atoms with Gasteiger partial charge in [0.05, 0.1) is 5.60 Å². The Balaban J connectivity index is 1.51. The van der Waals surface area contributed by atoms with Crippen LogP contribution in [0.15, 0.2) is 11.6 Å². The first-order valence-electron chi connectivity index (χ1n) is 11.4. The van der Waals surface area contributed by atoms with Crippen LogP contribution >= 0.6 is 0 Å². The lowest BCUT2D eigenvalue weighted by Crippen LogP contribution is -2.51. The Morgan fingerprint density at radius 1 is 1.10 bits per heavy atom. The molecule has 0 spiro atoms. The van der Waals surface area contributed by atoms with Gasteiger partial charge in [-0.05, 0) is 99.2 Å². The van der Waals surface area contributed by atoms with E-state index in [9.17, 15) is 23.1 Å². The largest absolute Gasteiger partial charge is 0.449 e. The lowest BCUT2D eigenvalue weighted by Gasteiger charge is -2.59. The van der Waals surface area contributed by atoms with Crippen LogP contribution in [0.3, 0.4) is 0 Å². The first kappa shape index (κ1) is 21.4. The minimum atomic E-state index is -4.70. The number of fused-ring (bicyclic) bond motifs is 5. The Hall–Kier alpha value is -0.840. The molecule has 1 N–H and O–H groups in total. The molecule has 5 heteroatoms. The third-order valence-corrected chi connectivity index (χ3v) is 9.61. The summed E-state index contributed by atoms with van der Waals surface area (Å²) in [6, 6.07) is 0. The monoisotopic (exact) mass is 412 g/mol. The molecule has 3 fully saturated rings. The van der Waals surface area contributed by atoms with Gasteiger partial charge in [0.2, 0.25) is 5.78 Å². The maximum Gasteiger partial charge on any atom is 0.449 e. The van der Waals surface area contributed by atoms with Crippen molar-refractivity contribution in [3.63, 3.8) is 0 Å². The number of allylic oxidation sites excluding steroid dienone is 1. The van der Waals surface area contributed by atoms with E-state index < -0.39 is 17.6 Å². The number of carbonyl (C=O) groups is 1. The van der Waals surface area contributed by atoms with Crippen LogP contribution in [0.1, 0.15) is 85.0 Å². The van der Waals surface area contributed by atoms with Gasteiger partial charge in [0.25, 0.3) is 0 Å². The Bertz CT molecular complexity index is 709. The van der Waals surface area contributed by atoms with Crippen molar-refractivity contribution >= 4 is 5.78 Å². The SMILES string of the molecule is CC1(O)CCC2(C)C(=CCC3C2CCC2(C)C(CCC(=O)C(F)(F)F)CCC32)C1. The van der Waals surface area contributed by atoms with E-state index in [1.807, 2.05) is 6.92 Å². The lowest BCUT2D eigenvalue weighted by molar-refractivity contribution is -0.171. The molecule has 0 aliphatic heterocycles. The summed E-state index contributed by atoms with van der Waals surface area (Å²) in [7, 11) is 0. The summed E-state index contributed by atoms with van der Waals surface area (Å²) in [5.41, 5.74) is 1.07. The van der Waals surface area contributed by atoms with Crippen LogP contribution in [-0.4, -0.2) is 22.7 Å². The minimum Gasteiger partial charge on any atom is -0.390 e. The van der Waals surface area contributed by atoms with Crippen LogP contribution in [0.2, 0.25) is 0 Å². The molecule has 0 saturated heterocycles. The number of hydrogen-bond donors (Lipinski definition) is 1. The molecule has 0 radical (unpaired) electrons. The molecule has 0 aromatic heterocycles. The molecular weight excluding hydrogens is 377 g/mol. The molecule has 0 amide bonds. The van der Waals surface area contributed by atoms with Gasteiger partial charge in [-0.2, -0.15) is 13.2 Å². The zero-order chi connectivity index (χ0) is 21.2. The predicted molar refractivity (Wildman–Crippen MR) is 106 cm³/mol. The van der Waals surface area contributed by atoms with Crippen molar-refractivity contribution in [2.45, 2.75) is 96.8 Å². The molecule has 0 bridgehead atoms. The van der Waals surface area contributed by atoms with Crippen LogP contribution in [0.5, 0.6) is 0 Å². The normalized spacial score (nSPS) is 47.1. The van der Waals surface area contributed by atoms with Gasteiger partial charge in [0, 0.05) is 6.42 Å². The molecule has 0 heterocycles. The predicted octanol–water partition coefficient (Wildman–Crippen LogP) is 6.23. The summed E-state index contributed by atoms with van der Waals surface area (Å²) in [5.74, 6) is 0.417. The smallest absolute Gasteiger partial charge is 0.390 e. The number of alkyl halides is 3. The molecule has 4 rings (SSSR count). The van der Waals surface area contributed by atoms with Gasteiger partial charge in [0.15, 0.2) is 0 Å². The van der Waals surface area contributed by atoms with Crippen LogP contribution in [-0.2, 0) is 4.79 Å². The molecule has 164 valence electrons. The van der Waals surface area contributed by atoms with Gasteiger partial charge >= 0.3 is 6.18 Å². The Kier molecular flexibility index (Phi) is 5.04. The lowest BCUT2D eigenvalue weighted by atomic mass is 9.46. The molecule has 4 aliphatic carbocycles. The zero-order valence-corrected chi connectivity index (χ0v) is 17.9. The van der Waals surface area contributed by atoms with E-state index in [0.29, 0.717) is 24.2 Å². The van der Waals surface area contributed by atoms with Gasteiger partial charge in [-0.25, -0.2) is 0 Å². The Morgan fingerprint density at radius 2 is 1.83 bits per heavy atom. The summed E-state index contributed by atoms with van der Waals surface area (Å²) in [6.07, 6.45) is 5.62. The molecule has 2 nitrogen and oxygen atoms in total. The fraction of sp³-hybridized carbons (Fsp3) is 0.875. The van der Waals surface area contributed by atoms with E-state index >= 15 is 0 Å². The molecule has 0 aromatic carbocycles. The summed E-state index contributed by atoms with van der Waals surface area (Å²) in [4.78, 5) is 11.4. The average Bonchev–Trinajstić information content (AvgIpc) is 2.95. The Labute approximate surface area is 172 Å². The average molecular weight is 413 g/mol. The first-order chi connectivity index (χ1) is 13.4. The highest BCUT2D eigenvalue weighted by molar-refractivity contribution is 5.83. The molecule has 4 aliphatic rings. The van der Waals surface area contributed by atoms with E-state index in [0.717, 1.165) is 51.4 Å². The second kappa shape index (κ2) is 6.83. The molecular formula is C24H35F3O2. The number of carbonyl (C=O) groups excluding carboxylic acids is 1. The van der Waals surface area contributed by atoms with Crippen molar-refractivity contribution in [3.8, 4) is 0 Å². The van der Waals surface area contributed by atoms with Gasteiger partial charge in [0.1, 0.15) is 0 Å². The number of ketones is 1. The van der Waals surface area contributed by atoms with Crippen molar-refractivity contribution in [2.24, 2.45) is 34.5 Å². The third kappa shape index (κ3) is 3.49. The summed E-state index contributed by atoms with van der Waals surface area (Å²) < 4.78 is 38.0. The van der Waals surface area contributed by atoms with Crippen molar-refractivity contribution in [1.29, 1.82) is 0 Å². The number of halogens is 3. The first-order valence-corrected chi connectivity index (χ1v) is 11.4. The molecule has 0 aromatic rings. The van der Waals surface area contributed by atoms with E-state index in [-0.39, 0.29) is 23.2 Å². The van der Waals surface area contributed by atoms with E-state index in [1.165, 1.54) is 5.57 Å². The molecule has 7 unspecified atom stereocenters. The van der Waals surface area contributed by atoms with E-state index in [2.05, 4.69) is 19.9 Å². The number of hydrogen-bond acceptors (Lipinski definition) is 2. The Morgan fingerprint density at radius 3 is 2.52 bits per heavy atom. The van der Waals surface area contributed by atoms with Crippen LogP contribution < -0.4 is 0 Å². The highest BCUT2D eigenvalue weighted by Gasteiger charge is 2.59. The topological polar surface area (TPSA) is 37.3 Å². The summed E-state index contributed by atoms with van der Waals surface area (Å²) >= 11 is 0. The number of Topliss-reactive ketones (excluding diaryl/α,β-unsaturated/α-hetero) is 1. The second-order valence-corrected chi connectivity index (χ2v) is 11.2. The summed E-state index contributed by atoms with van der Waals surface area (Å²) in [5, 5.41) is 10.6. The quantitative estimate of drug-likeness (QED) is 0.558. The van der Waals surface area contributed by atoms with Crippen molar-refractivity contribution in [2.75, 3.05) is 0 Å². The number of aliphatic hydroxyl groups is 1. The highest BCUT2D eigenvalue weighted by Crippen LogP contribution is 2.67. The van der Waals surface area contributed by atoms with E-state index in [4.69, 9.17) is 0 Å². The van der Waals surface area contributed by atoms with Gasteiger partial charge in [-0.1, -0.05) is 25.5 Å². The maximum atomic E-state index is 12.7. The molecule has 7 atom stereocenters. The fourth-order valence-corrected chi connectivity index (χ4v) is 7.83. The van der Waals surface area contributed by atoms with Crippen molar-refractivity contribution in [3.05, 3.63) is 11.6 Å². The van der Waals surface area contributed by atoms with Crippen molar-refractivity contribution < 1.29 is 23.1 Å². The van der Waals surface area contributed by atoms with Crippen LogP contribution in [0.4, 0.5) is 13.2 Å². The number of rotatable bonds is 3. The van der Waals surface area contributed by atoms with Crippen LogP contribution in [0.25, 0.3) is 0 Å². The standard InChI is InChI=1S/C24H35F3O2/c1-21(29)12-13-23(3)16(14-21)4-7-17-18-8-5-15(6-9-20(28)24(25,26)27)22(18,2)11-10-19(17)23/h4,15,17-19,29H,5-14H2,1-3H3. The van der Waals surface area contributed by atoms with E-state index in [1.54, 1.807) is 0 Å². The third-order valence-electron chi connectivity index (χ3n) is 9.61. The highest BCUT2D eigenvalue weighted by atomic mass is 19.4. The zero-order valence-electron chi connectivity index (χ0n) is 17.9. The summed E-state index contributed by atoms with van der Waals surface area (Å²) in [6.45, 7) is 6.63. The fourth-order valence-electron chi connectivity index (χ4n) is 7.83. The second-order valence-electron chi connectivity index (χ2n) is 11.2.